The highest BCUT2D eigenvalue weighted by Crippen LogP contribution is 2.29. The quantitative estimate of drug-likeness (QED) is 0.917. The Morgan fingerprint density at radius 1 is 1.40 bits per heavy atom. The van der Waals surface area contributed by atoms with Gasteiger partial charge in [-0.15, -0.1) is 0 Å². The molecular formula is C16H23FN2O. The number of nitrogens with one attached hydrogen (secondary N) is 1. The second kappa shape index (κ2) is 5.80. The van der Waals surface area contributed by atoms with Gasteiger partial charge in [-0.2, -0.15) is 0 Å². The molecule has 2 saturated heterocycles. The van der Waals surface area contributed by atoms with Gasteiger partial charge < -0.3 is 10.1 Å². The Labute approximate surface area is 120 Å². The number of rotatable bonds is 3. The molecule has 0 amide bonds. The monoisotopic (exact) mass is 278 g/mol. The fraction of sp³-hybridized carbons (Fsp3) is 0.625. The molecule has 0 saturated carbocycles. The van der Waals surface area contributed by atoms with Crippen molar-refractivity contribution in [3.05, 3.63) is 35.6 Å². The maximum absolute atomic E-state index is 13.0. The Hall–Kier alpha value is -0.970. The molecule has 0 spiro atoms. The van der Waals surface area contributed by atoms with Crippen molar-refractivity contribution in [2.45, 2.75) is 19.4 Å². The zero-order valence-corrected chi connectivity index (χ0v) is 12.1. The fourth-order valence-corrected chi connectivity index (χ4v) is 3.27. The molecule has 2 atom stereocenters. The molecule has 20 heavy (non-hydrogen) atoms. The van der Waals surface area contributed by atoms with Gasteiger partial charge >= 0.3 is 0 Å². The average molecular weight is 278 g/mol. The van der Waals surface area contributed by atoms with Gasteiger partial charge in [0.1, 0.15) is 5.82 Å². The van der Waals surface area contributed by atoms with Crippen molar-refractivity contribution >= 4 is 0 Å². The van der Waals surface area contributed by atoms with E-state index in [1.807, 2.05) is 12.1 Å². The van der Waals surface area contributed by atoms with Crippen molar-refractivity contribution < 1.29 is 9.13 Å². The van der Waals surface area contributed by atoms with Crippen LogP contribution in [0.1, 0.15) is 25.0 Å². The molecule has 3 rings (SSSR count). The first-order chi connectivity index (χ1) is 9.65. The molecule has 3 nitrogen and oxygen atoms in total. The molecule has 0 aliphatic carbocycles. The van der Waals surface area contributed by atoms with Gasteiger partial charge in [0.2, 0.25) is 0 Å². The van der Waals surface area contributed by atoms with Gasteiger partial charge in [-0.25, -0.2) is 4.39 Å². The molecule has 2 fully saturated rings. The van der Waals surface area contributed by atoms with Crippen molar-refractivity contribution in [3.63, 3.8) is 0 Å². The Kier molecular flexibility index (Phi) is 4.06. The maximum atomic E-state index is 13.0. The lowest BCUT2D eigenvalue weighted by molar-refractivity contribution is -0.0400. The summed E-state index contributed by atoms with van der Waals surface area (Å²) in [7, 11) is 0. The smallest absolute Gasteiger partial charge is 0.123 e. The third-order valence-electron chi connectivity index (χ3n) is 4.45. The van der Waals surface area contributed by atoms with Crippen molar-refractivity contribution in [2.75, 3.05) is 39.3 Å². The Balaban J connectivity index is 1.62. The number of nitrogens with zero attached hydrogens (tertiary/aromatic N) is 1. The largest absolute Gasteiger partial charge is 0.371 e. The third kappa shape index (κ3) is 3.19. The zero-order valence-electron chi connectivity index (χ0n) is 12.1. The van der Waals surface area contributed by atoms with Crippen LogP contribution in [0.5, 0.6) is 0 Å². The van der Waals surface area contributed by atoms with E-state index in [1.54, 1.807) is 0 Å². The van der Waals surface area contributed by atoms with Crippen LogP contribution >= 0.6 is 0 Å². The zero-order chi connectivity index (χ0) is 14.0. The summed E-state index contributed by atoms with van der Waals surface area (Å²) in [5, 5.41) is 3.45. The summed E-state index contributed by atoms with van der Waals surface area (Å²) in [5.74, 6) is -0.189. The minimum Gasteiger partial charge on any atom is -0.371 e. The number of morpholine rings is 1. The number of hydrogen-bond donors (Lipinski definition) is 1. The van der Waals surface area contributed by atoms with Crippen LogP contribution in [-0.2, 0) is 4.74 Å². The van der Waals surface area contributed by atoms with Crippen LogP contribution in [0, 0.1) is 11.2 Å². The summed E-state index contributed by atoms with van der Waals surface area (Å²) in [6.07, 6.45) is 1.31. The molecule has 1 aromatic rings. The van der Waals surface area contributed by atoms with E-state index < -0.39 is 0 Å². The van der Waals surface area contributed by atoms with Gasteiger partial charge in [-0.1, -0.05) is 19.1 Å². The van der Waals surface area contributed by atoms with E-state index in [1.165, 1.54) is 18.6 Å². The molecule has 110 valence electrons. The normalized spacial score (nSPS) is 31.6. The molecule has 0 radical (unpaired) electrons. The minimum absolute atomic E-state index is 0.0716. The molecule has 2 aliphatic rings. The van der Waals surface area contributed by atoms with E-state index in [0.717, 1.165) is 44.9 Å². The van der Waals surface area contributed by atoms with Gasteiger partial charge in [0.05, 0.1) is 12.7 Å². The minimum atomic E-state index is -0.189. The van der Waals surface area contributed by atoms with Gasteiger partial charge in [-0.05, 0) is 36.1 Å². The van der Waals surface area contributed by atoms with Crippen LogP contribution in [0.25, 0.3) is 0 Å². The summed E-state index contributed by atoms with van der Waals surface area (Å²) < 4.78 is 18.8. The standard InChI is InChI=1S/C16H23FN2O/c1-16(6-7-18-11-16)12-19-8-9-20-15(10-19)13-2-4-14(17)5-3-13/h2-5,15,18H,6-12H2,1H3. The Morgan fingerprint density at radius 2 is 2.20 bits per heavy atom. The lowest BCUT2D eigenvalue weighted by Gasteiger charge is -2.37. The lowest BCUT2D eigenvalue weighted by atomic mass is 9.89. The Morgan fingerprint density at radius 3 is 2.90 bits per heavy atom. The molecule has 4 heteroatoms. The first-order valence-corrected chi connectivity index (χ1v) is 7.45. The van der Waals surface area contributed by atoms with E-state index >= 15 is 0 Å². The third-order valence-corrected chi connectivity index (χ3v) is 4.45. The summed E-state index contributed by atoms with van der Waals surface area (Å²) >= 11 is 0. The summed E-state index contributed by atoms with van der Waals surface area (Å²) in [6.45, 7) is 8.35. The highest BCUT2D eigenvalue weighted by Gasteiger charge is 2.32. The number of benzene rings is 1. The van der Waals surface area contributed by atoms with Crippen molar-refractivity contribution in [1.29, 1.82) is 0 Å². The number of halogens is 1. The summed E-state index contributed by atoms with van der Waals surface area (Å²) in [4.78, 5) is 2.49. The molecule has 2 unspecified atom stereocenters. The highest BCUT2D eigenvalue weighted by molar-refractivity contribution is 5.19. The molecular weight excluding hydrogens is 255 g/mol. The first kappa shape index (κ1) is 14.0. The van der Waals surface area contributed by atoms with E-state index in [0.29, 0.717) is 5.41 Å². The number of hydrogen-bond acceptors (Lipinski definition) is 3. The molecule has 2 heterocycles. The summed E-state index contributed by atoms with van der Waals surface area (Å²) in [5.41, 5.74) is 1.45. The van der Waals surface area contributed by atoms with E-state index in [4.69, 9.17) is 4.74 Å². The topological polar surface area (TPSA) is 24.5 Å². The van der Waals surface area contributed by atoms with E-state index in [2.05, 4.69) is 17.1 Å². The highest BCUT2D eigenvalue weighted by atomic mass is 19.1. The molecule has 0 aromatic heterocycles. The van der Waals surface area contributed by atoms with E-state index in [-0.39, 0.29) is 11.9 Å². The average Bonchev–Trinajstić information content (AvgIpc) is 2.86. The Bertz CT molecular complexity index is 442. The van der Waals surface area contributed by atoms with Crippen LogP contribution < -0.4 is 5.32 Å². The first-order valence-electron chi connectivity index (χ1n) is 7.45. The van der Waals surface area contributed by atoms with Crippen molar-refractivity contribution in [2.24, 2.45) is 5.41 Å². The lowest BCUT2D eigenvalue weighted by Crippen LogP contribution is -2.44. The van der Waals surface area contributed by atoms with Crippen LogP contribution in [0.4, 0.5) is 4.39 Å². The molecule has 2 aliphatic heterocycles. The van der Waals surface area contributed by atoms with Gasteiger partial charge in [0, 0.05) is 26.2 Å². The van der Waals surface area contributed by atoms with Crippen LogP contribution in [0.2, 0.25) is 0 Å². The van der Waals surface area contributed by atoms with Crippen molar-refractivity contribution in [1.82, 2.24) is 10.2 Å². The predicted octanol–water partition coefficient (Wildman–Crippen LogP) is 2.20. The summed E-state index contributed by atoms with van der Waals surface area (Å²) in [6, 6.07) is 6.70. The molecule has 1 N–H and O–H groups in total. The van der Waals surface area contributed by atoms with Crippen LogP contribution in [0.3, 0.4) is 0 Å². The van der Waals surface area contributed by atoms with Crippen LogP contribution in [0.15, 0.2) is 24.3 Å². The second-order valence-electron chi connectivity index (χ2n) is 6.38. The molecule has 0 bridgehead atoms. The van der Waals surface area contributed by atoms with Crippen LogP contribution in [-0.4, -0.2) is 44.2 Å². The number of ether oxygens (including phenoxy) is 1. The SMILES string of the molecule is CC1(CN2CCOC(c3ccc(F)cc3)C2)CCNC1. The van der Waals surface area contributed by atoms with Gasteiger partial charge in [-0.3, -0.25) is 4.90 Å². The van der Waals surface area contributed by atoms with Crippen molar-refractivity contribution in [3.8, 4) is 0 Å². The predicted molar refractivity (Wildman–Crippen MR) is 77.1 cm³/mol. The van der Waals surface area contributed by atoms with E-state index in [9.17, 15) is 4.39 Å². The van der Waals surface area contributed by atoms with Gasteiger partial charge in [0.25, 0.3) is 0 Å². The fourth-order valence-electron chi connectivity index (χ4n) is 3.27. The maximum Gasteiger partial charge on any atom is 0.123 e. The molecule has 1 aromatic carbocycles. The van der Waals surface area contributed by atoms with Gasteiger partial charge in [0.15, 0.2) is 0 Å². The second-order valence-corrected chi connectivity index (χ2v) is 6.38.